The number of anilines is 3. The molecule has 0 saturated carbocycles. The molecule has 3 aromatic heterocycles. The van der Waals surface area contributed by atoms with Crippen molar-refractivity contribution in [3.05, 3.63) is 52.9 Å². The molecule has 4 aromatic rings. The lowest BCUT2D eigenvalue weighted by Crippen LogP contribution is -2.47. The number of hydrogen-bond acceptors (Lipinski definition) is 9. The monoisotopic (exact) mass is 543 g/mol. The Kier molecular flexibility index (Phi) is 6.98. The molecule has 11 heteroatoms. The van der Waals surface area contributed by atoms with Crippen LogP contribution in [0.4, 0.5) is 17.3 Å². The summed E-state index contributed by atoms with van der Waals surface area (Å²) in [5, 5.41) is 19.2. The van der Waals surface area contributed by atoms with E-state index in [-0.39, 0.29) is 18.6 Å². The first-order valence-corrected chi connectivity index (χ1v) is 13.2. The van der Waals surface area contributed by atoms with E-state index in [0.717, 1.165) is 22.4 Å². The lowest BCUT2D eigenvalue weighted by Gasteiger charge is -2.39. The molecule has 0 bridgehead atoms. The zero-order chi connectivity index (χ0) is 28.7. The minimum atomic E-state index is -0.866. The minimum absolute atomic E-state index is 0.0728. The summed E-state index contributed by atoms with van der Waals surface area (Å²) in [5.41, 5.74) is 0.348. The Morgan fingerprint density at radius 2 is 2.10 bits per heavy atom. The van der Waals surface area contributed by atoms with Crippen LogP contribution in [-0.2, 0) is 19.8 Å². The van der Waals surface area contributed by atoms with E-state index < -0.39 is 23.2 Å². The quantitative estimate of drug-likeness (QED) is 0.342. The van der Waals surface area contributed by atoms with Crippen molar-refractivity contribution in [2.45, 2.75) is 57.3 Å². The normalized spacial score (nSPS) is 19.4. The van der Waals surface area contributed by atoms with Crippen molar-refractivity contribution in [3.63, 3.8) is 0 Å². The maximum atomic E-state index is 13.0. The first kappa shape index (κ1) is 27.1. The zero-order valence-corrected chi connectivity index (χ0v) is 23.3. The number of carbonyl (C=O) groups excluding carboxylic acids is 1. The number of pyridine rings is 2. The van der Waals surface area contributed by atoms with Gasteiger partial charge in [0.15, 0.2) is 11.9 Å². The second kappa shape index (κ2) is 10.3. The van der Waals surface area contributed by atoms with Gasteiger partial charge in [-0.25, -0.2) is 9.78 Å². The summed E-state index contributed by atoms with van der Waals surface area (Å²) in [6.07, 6.45) is 1.73. The van der Waals surface area contributed by atoms with Gasteiger partial charge >= 0.3 is 5.97 Å². The average Bonchev–Trinajstić information content (AvgIpc) is 3.28. The SMILES string of the molecule is CN(C)c1ccc2cc(Nc3nn([C@]4(CC#N)CC[C@@H](C(=O)OC(C)(C)C)OC4)c4cc[nH]c(=O)c34)ccc2n1. The fourth-order valence-corrected chi connectivity index (χ4v) is 5.00. The van der Waals surface area contributed by atoms with Gasteiger partial charge in [0.25, 0.3) is 5.56 Å². The van der Waals surface area contributed by atoms with Crippen LogP contribution in [0, 0.1) is 11.3 Å². The van der Waals surface area contributed by atoms with Gasteiger partial charge in [0.1, 0.15) is 16.8 Å². The Balaban J connectivity index is 1.50. The summed E-state index contributed by atoms with van der Waals surface area (Å²) in [5.74, 6) is 0.794. The van der Waals surface area contributed by atoms with Crippen LogP contribution in [0.15, 0.2) is 47.4 Å². The van der Waals surface area contributed by atoms with E-state index in [1.165, 1.54) is 0 Å². The molecule has 0 aliphatic carbocycles. The molecular formula is C29H33N7O4. The molecule has 1 saturated heterocycles. The van der Waals surface area contributed by atoms with Crippen LogP contribution in [0.5, 0.6) is 0 Å². The second-order valence-corrected chi connectivity index (χ2v) is 11.4. The molecule has 4 heterocycles. The fraction of sp³-hybridized carbons (Fsp3) is 0.414. The Bertz CT molecular complexity index is 1670. The summed E-state index contributed by atoms with van der Waals surface area (Å²) in [7, 11) is 3.88. The third-order valence-corrected chi connectivity index (χ3v) is 6.95. The Hall–Kier alpha value is -4.43. The third-order valence-electron chi connectivity index (χ3n) is 6.95. The van der Waals surface area contributed by atoms with Gasteiger partial charge < -0.3 is 24.7 Å². The van der Waals surface area contributed by atoms with Gasteiger partial charge in [0.2, 0.25) is 0 Å². The number of esters is 1. The smallest absolute Gasteiger partial charge is 0.335 e. The Morgan fingerprint density at radius 3 is 2.77 bits per heavy atom. The van der Waals surface area contributed by atoms with Gasteiger partial charge in [-0.3, -0.25) is 9.48 Å². The standard InChI is InChI=1S/C29H33N7O4/c1-28(2,3)40-27(38)22-10-12-29(13-14-30,17-39-22)36-21-11-15-31-26(37)24(21)25(34-36)32-19-7-8-20-18(16-19)6-9-23(33-20)35(4)5/h6-9,11,15-16,22H,10,12-13,17H2,1-5H3,(H,31,37)(H,32,34)/t22-,29-/m0/s1. The zero-order valence-electron chi connectivity index (χ0n) is 23.3. The van der Waals surface area contributed by atoms with Crippen molar-refractivity contribution >= 4 is 45.1 Å². The van der Waals surface area contributed by atoms with Crippen LogP contribution in [-0.4, -0.2) is 58.1 Å². The van der Waals surface area contributed by atoms with Crippen molar-refractivity contribution in [2.75, 3.05) is 30.9 Å². The minimum Gasteiger partial charge on any atom is -0.458 e. The molecule has 11 nitrogen and oxygen atoms in total. The number of aromatic nitrogens is 4. The molecule has 1 aliphatic rings. The number of aromatic amines is 1. The predicted octanol–water partition coefficient (Wildman–Crippen LogP) is 4.21. The molecule has 0 amide bonds. The highest BCUT2D eigenvalue weighted by Crippen LogP contribution is 2.37. The molecule has 1 aromatic carbocycles. The number of nitrogens with one attached hydrogen (secondary N) is 2. The Labute approximate surface area is 231 Å². The third kappa shape index (κ3) is 5.22. The number of rotatable bonds is 6. The molecular weight excluding hydrogens is 510 g/mol. The van der Waals surface area contributed by atoms with Crippen molar-refractivity contribution in [2.24, 2.45) is 0 Å². The number of ether oxygens (including phenoxy) is 2. The van der Waals surface area contributed by atoms with Gasteiger partial charge in [-0.1, -0.05) is 0 Å². The van der Waals surface area contributed by atoms with E-state index >= 15 is 0 Å². The predicted molar refractivity (Wildman–Crippen MR) is 153 cm³/mol. The summed E-state index contributed by atoms with van der Waals surface area (Å²) < 4.78 is 13.2. The summed E-state index contributed by atoms with van der Waals surface area (Å²) >= 11 is 0. The molecule has 1 fully saturated rings. The highest BCUT2D eigenvalue weighted by atomic mass is 16.6. The van der Waals surface area contributed by atoms with Crippen LogP contribution in [0.3, 0.4) is 0 Å². The van der Waals surface area contributed by atoms with E-state index in [2.05, 4.69) is 21.4 Å². The number of nitriles is 1. The molecule has 40 heavy (non-hydrogen) atoms. The van der Waals surface area contributed by atoms with Gasteiger partial charge in [0.05, 0.1) is 35.7 Å². The lowest BCUT2D eigenvalue weighted by molar-refractivity contribution is -0.176. The first-order valence-electron chi connectivity index (χ1n) is 13.2. The number of nitrogens with zero attached hydrogens (tertiary/aromatic N) is 5. The number of H-pyrrole nitrogens is 1. The van der Waals surface area contributed by atoms with Gasteiger partial charge in [-0.15, -0.1) is 0 Å². The van der Waals surface area contributed by atoms with E-state index in [9.17, 15) is 14.9 Å². The van der Waals surface area contributed by atoms with E-state index in [0.29, 0.717) is 29.6 Å². The van der Waals surface area contributed by atoms with Crippen LogP contribution in [0.25, 0.3) is 21.8 Å². The van der Waals surface area contributed by atoms with Crippen LogP contribution in [0.2, 0.25) is 0 Å². The number of fused-ring (bicyclic) bond motifs is 2. The van der Waals surface area contributed by atoms with Crippen molar-refractivity contribution in [3.8, 4) is 6.07 Å². The molecule has 2 N–H and O–H groups in total. The molecule has 5 rings (SSSR count). The Morgan fingerprint density at radius 1 is 1.30 bits per heavy atom. The lowest BCUT2D eigenvalue weighted by atomic mass is 9.87. The molecule has 1 aliphatic heterocycles. The molecule has 0 spiro atoms. The maximum absolute atomic E-state index is 13.0. The van der Waals surface area contributed by atoms with Gasteiger partial charge in [0, 0.05) is 31.4 Å². The average molecular weight is 544 g/mol. The van der Waals surface area contributed by atoms with Crippen molar-refractivity contribution in [1.29, 1.82) is 5.26 Å². The van der Waals surface area contributed by atoms with Crippen LogP contribution < -0.4 is 15.8 Å². The topological polar surface area (TPSA) is 138 Å². The van der Waals surface area contributed by atoms with E-state index in [4.69, 9.17) is 14.6 Å². The highest BCUT2D eigenvalue weighted by Gasteiger charge is 2.43. The van der Waals surface area contributed by atoms with Crippen LogP contribution in [0.1, 0.15) is 40.0 Å². The molecule has 2 atom stereocenters. The molecule has 208 valence electrons. The summed E-state index contributed by atoms with van der Waals surface area (Å²) in [4.78, 5) is 35.0. The molecule has 0 unspecified atom stereocenters. The number of benzene rings is 1. The maximum Gasteiger partial charge on any atom is 0.335 e. The van der Waals surface area contributed by atoms with Crippen molar-refractivity contribution < 1.29 is 14.3 Å². The van der Waals surface area contributed by atoms with Gasteiger partial charge in [-0.2, -0.15) is 10.4 Å². The highest BCUT2D eigenvalue weighted by molar-refractivity contribution is 5.92. The second-order valence-electron chi connectivity index (χ2n) is 11.4. The van der Waals surface area contributed by atoms with E-state index in [1.54, 1.807) is 16.9 Å². The molecule has 0 radical (unpaired) electrons. The van der Waals surface area contributed by atoms with Crippen LogP contribution >= 0.6 is 0 Å². The van der Waals surface area contributed by atoms with Gasteiger partial charge in [-0.05, 0) is 70.0 Å². The number of carbonyl (C=O) groups is 1. The largest absolute Gasteiger partial charge is 0.458 e. The first-order chi connectivity index (χ1) is 19.0. The fourth-order valence-electron chi connectivity index (χ4n) is 5.00. The summed E-state index contributed by atoms with van der Waals surface area (Å²) in [6, 6.07) is 13.7. The number of hydrogen-bond donors (Lipinski definition) is 2. The van der Waals surface area contributed by atoms with Crippen molar-refractivity contribution in [1.82, 2.24) is 19.7 Å². The summed E-state index contributed by atoms with van der Waals surface area (Å²) in [6.45, 7) is 5.50. The van der Waals surface area contributed by atoms with E-state index in [1.807, 2.05) is 70.1 Å².